The maximum atomic E-state index is 9.56. The monoisotopic (exact) mass is 208 g/mol. The van der Waals surface area contributed by atoms with Crippen molar-refractivity contribution in [3.63, 3.8) is 0 Å². The lowest BCUT2D eigenvalue weighted by atomic mass is 10.5. The Kier molecular flexibility index (Phi) is 5.78. The fourth-order valence-corrected chi connectivity index (χ4v) is 0.391. The van der Waals surface area contributed by atoms with Gasteiger partial charge in [0, 0.05) is 0 Å². The molecule has 0 aliphatic heterocycles. The molecule has 0 spiro atoms. The van der Waals surface area contributed by atoms with Crippen LogP contribution >= 0.6 is 22.6 Å². The number of carbonyl (C=O) groups excluding carboxylic acids is 1. The molecule has 0 atom stereocenters. The molecule has 0 aliphatic carbocycles. The van der Waals surface area contributed by atoms with Crippen molar-refractivity contribution >= 4 is 28.9 Å². The van der Waals surface area contributed by atoms with Gasteiger partial charge in [0.2, 0.25) is 0 Å². The van der Waals surface area contributed by atoms with Crippen molar-refractivity contribution in [2.24, 2.45) is 0 Å². The predicted octanol–water partition coefficient (Wildman–Crippen LogP) is 1.69. The summed E-state index contributed by atoms with van der Waals surface area (Å²) >= 11 is 2.08. The van der Waals surface area contributed by atoms with E-state index in [0.29, 0.717) is 0 Å². The summed E-state index contributed by atoms with van der Waals surface area (Å²) in [5, 5.41) is 0. The van der Waals surface area contributed by atoms with Crippen molar-refractivity contribution in [1.29, 1.82) is 0 Å². The van der Waals surface area contributed by atoms with E-state index in [-0.39, 0.29) is 0 Å². The number of hydrogen-bond acceptors (Lipinski definition) is 1. The smallest absolute Gasteiger partial charge is 0.142 e. The average Bonchev–Trinajstić information content (AvgIpc) is 1.69. The van der Waals surface area contributed by atoms with E-state index in [2.05, 4.69) is 22.6 Å². The Morgan fingerprint density at radius 3 is 2.29 bits per heavy atom. The highest BCUT2D eigenvalue weighted by atomic mass is 127. The number of rotatable bonds is 2. The normalized spacial score (nSPS) is 11.0. The van der Waals surface area contributed by atoms with Crippen molar-refractivity contribution in [2.75, 3.05) is 0 Å². The van der Waals surface area contributed by atoms with Gasteiger partial charge in [0.25, 0.3) is 0 Å². The summed E-state index contributed by atoms with van der Waals surface area (Å²) in [4.78, 5) is 9.56. The molecule has 0 heterocycles. The Morgan fingerprint density at radius 1 is 1.14 bits per heavy atom. The van der Waals surface area contributed by atoms with Gasteiger partial charge in [-0.2, -0.15) is 0 Å². The molecule has 0 aromatic rings. The van der Waals surface area contributed by atoms with Crippen LogP contribution in [0, 0.1) is 0 Å². The van der Waals surface area contributed by atoms with E-state index >= 15 is 0 Å². The first-order chi connectivity index (χ1) is 3.41. The minimum atomic E-state index is 0.747. The van der Waals surface area contributed by atoms with Gasteiger partial charge in [-0.25, -0.2) is 0 Å². The van der Waals surface area contributed by atoms with Gasteiger partial charge in [-0.15, -0.1) is 0 Å². The van der Waals surface area contributed by atoms with Crippen LogP contribution in [0.2, 0.25) is 0 Å². The molecule has 0 saturated heterocycles. The predicted molar refractivity (Wildman–Crippen MR) is 38.4 cm³/mol. The Bertz CT molecular complexity index is 94.3. The molecule has 0 aliphatic rings. The molecule has 0 radical (unpaired) electrons. The molecule has 0 aromatic carbocycles. The van der Waals surface area contributed by atoms with Gasteiger partial charge in [-0.05, 0) is 10.2 Å². The zero-order chi connectivity index (χ0) is 5.54. The van der Waals surface area contributed by atoms with Crippen LogP contribution in [0.15, 0.2) is 22.3 Å². The Balaban J connectivity index is 3.27. The summed E-state index contributed by atoms with van der Waals surface area (Å²) in [6.45, 7) is 0. The third-order valence-electron chi connectivity index (χ3n) is 0.374. The molecule has 0 rings (SSSR count). The summed E-state index contributed by atoms with van der Waals surface area (Å²) in [6.07, 6.45) is 5.65. The molecular formula is C5H5IO. The van der Waals surface area contributed by atoms with E-state index in [9.17, 15) is 4.79 Å². The van der Waals surface area contributed by atoms with Crippen LogP contribution in [0.3, 0.4) is 0 Å². The zero-order valence-electron chi connectivity index (χ0n) is 3.67. The highest BCUT2D eigenvalue weighted by Gasteiger charge is 1.56. The van der Waals surface area contributed by atoms with Gasteiger partial charge in [-0.1, -0.05) is 34.7 Å². The van der Waals surface area contributed by atoms with Crippen LogP contribution in [0.1, 0.15) is 0 Å². The Hall–Kier alpha value is -0.120. The molecule has 38 valence electrons. The summed E-state index contributed by atoms with van der Waals surface area (Å²) in [5.74, 6) is 0. The second kappa shape index (κ2) is 5.88. The largest absolute Gasteiger partial charge is 0.299 e. The summed E-state index contributed by atoms with van der Waals surface area (Å²) < 4.78 is 1.83. The lowest BCUT2D eigenvalue weighted by Crippen LogP contribution is -1.53. The third-order valence-corrected chi connectivity index (χ3v) is 0.789. The molecule has 0 unspecified atom stereocenters. The Morgan fingerprint density at radius 2 is 1.86 bits per heavy atom. The molecule has 0 aromatic heterocycles. The standard InChI is InChI=1S/C5H5IO/c6-4-2-1-3-5-7/h1-5H/b3-1+,4-2-. The summed E-state index contributed by atoms with van der Waals surface area (Å²) in [7, 11) is 0. The molecule has 0 bridgehead atoms. The highest BCUT2D eigenvalue weighted by molar-refractivity contribution is 14.1. The van der Waals surface area contributed by atoms with E-state index in [0.717, 1.165) is 6.29 Å². The number of allylic oxidation sites excluding steroid dienone is 3. The molecule has 0 saturated carbocycles. The van der Waals surface area contributed by atoms with Crippen LogP contribution in [-0.2, 0) is 4.79 Å². The number of carbonyl (C=O) groups is 1. The van der Waals surface area contributed by atoms with E-state index in [1.54, 1.807) is 12.2 Å². The topological polar surface area (TPSA) is 17.1 Å². The van der Waals surface area contributed by atoms with E-state index in [4.69, 9.17) is 0 Å². The number of hydrogen-bond donors (Lipinski definition) is 0. The molecular weight excluding hydrogens is 203 g/mol. The maximum absolute atomic E-state index is 9.56. The first-order valence-electron chi connectivity index (χ1n) is 1.79. The van der Waals surface area contributed by atoms with E-state index in [1.807, 2.05) is 4.08 Å². The van der Waals surface area contributed by atoms with Crippen LogP contribution < -0.4 is 0 Å². The fourth-order valence-electron chi connectivity index (χ4n) is 0.152. The SMILES string of the molecule is O=C/C=C/C=C\I. The van der Waals surface area contributed by atoms with Crippen molar-refractivity contribution in [3.8, 4) is 0 Å². The minimum absolute atomic E-state index is 0.747. The second-order valence-electron chi connectivity index (χ2n) is 0.839. The summed E-state index contributed by atoms with van der Waals surface area (Å²) in [5.41, 5.74) is 0. The van der Waals surface area contributed by atoms with Gasteiger partial charge in [0.05, 0.1) is 0 Å². The van der Waals surface area contributed by atoms with Gasteiger partial charge >= 0.3 is 0 Å². The molecule has 1 nitrogen and oxygen atoms in total. The van der Waals surface area contributed by atoms with Crippen LogP contribution in [0.25, 0.3) is 0 Å². The van der Waals surface area contributed by atoms with Gasteiger partial charge < -0.3 is 0 Å². The van der Waals surface area contributed by atoms with Gasteiger partial charge in [0.1, 0.15) is 6.29 Å². The minimum Gasteiger partial charge on any atom is -0.299 e. The van der Waals surface area contributed by atoms with E-state index < -0.39 is 0 Å². The van der Waals surface area contributed by atoms with E-state index in [1.165, 1.54) is 6.08 Å². The number of aldehydes is 1. The average molecular weight is 208 g/mol. The van der Waals surface area contributed by atoms with Gasteiger partial charge in [-0.3, -0.25) is 4.79 Å². The third kappa shape index (κ3) is 5.88. The molecule has 2 heteroatoms. The molecule has 7 heavy (non-hydrogen) atoms. The van der Waals surface area contributed by atoms with Crippen molar-refractivity contribution in [1.82, 2.24) is 0 Å². The van der Waals surface area contributed by atoms with Crippen LogP contribution in [-0.4, -0.2) is 6.29 Å². The molecule has 0 fully saturated rings. The van der Waals surface area contributed by atoms with Crippen LogP contribution in [0.4, 0.5) is 0 Å². The zero-order valence-corrected chi connectivity index (χ0v) is 5.83. The van der Waals surface area contributed by atoms with Crippen molar-refractivity contribution in [2.45, 2.75) is 0 Å². The molecule has 0 N–H and O–H groups in total. The van der Waals surface area contributed by atoms with Crippen molar-refractivity contribution in [3.05, 3.63) is 22.3 Å². The number of halogens is 1. The summed E-state index contributed by atoms with van der Waals surface area (Å²) in [6, 6.07) is 0. The first kappa shape index (κ1) is 6.88. The maximum Gasteiger partial charge on any atom is 0.142 e. The van der Waals surface area contributed by atoms with Crippen molar-refractivity contribution < 1.29 is 4.79 Å². The first-order valence-corrected chi connectivity index (χ1v) is 3.03. The Labute approximate surface area is 56.2 Å². The van der Waals surface area contributed by atoms with Gasteiger partial charge in [0.15, 0.2) is 0 Å². The quantitative estimate of drug-likeness (QED) is 0.292. The fraction of sp³-hybridized carbons (Fsp3) is 0. The lowest BCUT2D eigenvalue weighted by Gasteiger charge is -1.61. The molecule has 0 amide bonds. The lowest BCUT2D eigenvalue weighted by molar-refractivity contribution is -0.104. The second-order valence-corrected chi connectivity index (χ2v) is 1.56. The highest BCUT2D eigenvalue weighted by Crippen LogP contribution is 1.82. The van der Waals surface area contributed by atoms with Crippen LogP contribution in [0.5, 0.6) is 0 Å².